The van der Waals surface area contributed by atoms with Crippen molar-refractivity contribution in [3.05, 3.63) is 82.3 Å². The van der Waals surface area contributed by atoms with Gasteiger partial charge in [0.1, 0.15) is 23.1 Å². The highest BCUT2D eigenvalue weighted by Gasteiger charge is 2.29. The second kappa shape index (κ2) is 16.9. The Kier molecular flexibility index (Phi) is 13.6. The number of carbonyl (C=O) groups excluding carboxylic acids is 4. The molecule has 0 saturated heterocycles. The number of imide groups is 1. The lowest BCUT2D eigenvalue weighted by atomic mass is 10.0. The molecule has 0 spiro atoms. The molecule has 2 aromatic rings. The molecule has 0 fully saturated rings. The van der Waals surface area contributed by atoms with Gasteiger partial charge in [-0.25, -0.2) is 9.69 Å². The van der Waals surface area contributed by atoms with Crippen molar-refractivity contribution in [1.29, 1.82) is 0 Å². The van der Waals surface area contributed by atoms with Crippen LogP contribution in [0.25, 0.3) is 0 Å². The van der Waals surface area contributed by atoms with E-state index >= 15 is 0 Å². The standard InChI is InChI=1S/C33H44N4O7/c1-8-10-20(3)44-33(43)28(36-31(41)30(21(4)38)29(40)9-2)18-23-11-14-25(15-12-23)37(22(5)39)32(42)26-17-24(19-34-6)13-16-27(26)35-7/h9,11-17,20,28,34-35,38,40H,8,10,18-19H2,1-7H3,(H,36,41)/b29-9+,30-21-/t20?,28-/m0/s1. The molecule has 0 bridgehead atoms. The number of anilines is 2. The number of esters is 1. The number of nitrogens with one attached hydrogen (secondary N) is 3. The summed E-state index contributed by atoms with van der Waals surface area (Å²) in [6.07, 6.45) is 2.28. The van der Waals surface area contributed by atoms with Crippen LogP contribution in [0.1, 0.15) is 68.9 Å². The minimum Gasteiger partial charge on any atom is -0.512 e. The highest BCUT2D eigenvalue weighted by Crippen LogP contribution is 2.25. The normalized spacial score (nSPS) is 13.3. The van der Waals surface area contributed by atoms with Crippen LogP contribution < -0.4 is 20.9 Å². The zero-order valence-corrected chi connectivity index (χ0v) is 26.5. The van der Waals surface area contributed by atoms with E-state index in [0.717, 1.165) is 16.9 Å². The van der Waals surface area contributed by atoms with Crippen LogP contribution in [-0.4, -0.2) is 60.1 Å². The fraction of sp³-hybridized carbons (Fsp3) is 0.394. The SMILES string of the molecule is C/C=C(O)\C(C(=O)N[C@@H](Cc1ccc(N(C(C)=O)C(=O)c2cc(CNC)ccc2NC)cc1)C(=O)OC(C)CCC)=C(/C)O. The molecule has 2 rings (SSSR count). The first-order valence-corrected chi connectivity index (χ1v) is 14.5. The minimum absolute atomic E-state index is 0.00202. The van der Waals surface area contributed by atoms with Gasteiger partial charge in [0.25, 0.3) is 11.8 Å². The van der Waals surface area contributed by atoms with Gasteiger partial charge in [-0.05, 0) is 75.7 Å². The lowest BCUT2D eigenvalue weighted by molar-refractivity contribution is -0.152. The summed E-state index contributed by atoms with van der Waals surface area (Å²) >= 11 is 0. The number of nitrogens with zero attached hydrogens (tertiary/aromatic N) is 1. The topological polar surface area (TPSA) is 157 Å². The molecule has 0 aliphatic carbocycles. The molecule has 2 atom stereocenters. The molecule has 0 aliphatic heterocycles. The maximum absolute atomic E-state index is 13.6. The quantitative estimate of drug-likeness (QED) is 0.0888. The molecule has 11 nitrogen and oxygen atoms in total. The van der Waals surface area contributed by atoms with Crippen LogP contribution in [0.3, 0.4) is 0 Å². The number of hydrogen-bond acceptors (Lipinski definition) is 9. The molecule has 2 aromatic carbocycles. The molecule has 0 saturated carbocycles. The Morgan fingerprint density at radius 1 is 1.00 bits per heavy atom. The molecule has 0 radical (unpaired) electrons. The van der Waals surface area contributed by atoms with Gasteiger partial charge in [0, 0.05) is 32.6 Å². The number of aliphatic hydroxyl groups is 2. The Hall–Kier alpha value is -4.64. The van der Waals surface area contributed by atoms with E-state index in [1.165, 1.54) is 26.8 Å². The number of carbonyl (C=O) groups is 4. The van der Waals surface area contributed by atoms with E-state index in [9.17, 15) is 29.4 Å². The van der Waals surface area contributed by atoms with E-state index in [2.05, 4.69) is 16.0 Å². The van der Waals surface area contributed by atoms with E-state index < -0.39 is 47.4 Å². The Morgan fingerprint density at radius 3 is 2.16 bits per heavy atom. The lowest BCUT2D eigenvalue weighted by Crippen LogP contribution is -2.45. The summed E-state index contributed by atoms with van der Waals surface area (Å²) in [7, 11) is 3.49. The lowest BCUT2D eigenvalue weighted by Gasteiger charge is -2.23. The van der Waals surface area contributed by atoms with Crippen molar-refractivity contribution in [3.8, 4) is 0 Å². The molecule has 0 aliphatic rings. The average Bonchev–Trinajstić information content (AvgIpc) is 2.97. The Labute approximate surface area is 259 Å². The maximum Gasteiger partial charge on any atom is 0.329 e. The van der Waals surface area contributed by atoms with Crippen LogP contribution in [-0.2, 0) is 32.1 Å². The monoisotopic (exact) mass is 608 g/mol. The van der Waals surface area contributed by atoms with Gasteiger partial charge >= 0.3 is 5.97 Å². The van der Waals surface area contributed by atoms with Crippen molar-refractivity contribution >= 4 is 35.1 Å². The summed E-state index contributed by atoms with van der Waals surface area (Å²) in [4.78, 5) is 53.6. The molecule has 44 heavy (non-hydrogen) atoms. The van der Waals surface area contributed by atoms with E-state index in [0.29, 0.717) is 35.5 Å². The Morgan fingerprint density at radius 2 is 1.64 bits per heavy atom. The maximum atomic E-state index is 13.6. The number of benzene rings is 2. The van der Waals surface area contributed by atoms with Crippen LogP contribution in [0, 0.1) is 0 Å². The first kappa shape index (κ1) is 35.6. The summed E-state index contributed by atoms with van der Waals surface area (Å²) in [5, 5.41) is 28.8. The van der Waals surface area contributed by atoms with E-state index in [4.69, 9.17) is 4.74 Å². The number of aliphatic hydroxyl groups excluding tert-OH is 2. The van der Waals surface area contributed by atoms with Crippen LogP contribution >= 0.6 is 0 Å². The molecule has 0 aromatic heterocycles. The van der Waals surface area contributed by atoms with Crippen LogP contribution in [0.15, 0.2) is 65.6 Å². The zero-order valence-electron chi connectivity index (χ0n) is 26.5. The largest absolute Gasteiger partial charge is 0.512 e. The Bertz CT molecular complexity index is 1400. The minimum atomic E-state index is -1.16. The van der Waals surface area contributed by atoms with Crippen molar-refractivity contribution in [2.75, 3.05) is 24.3 Å². The predicted molar refractivity (Wildman–Crippen MR) is 170 cm³/mol. The van der Waals surface area contributed by atoms with Crippen molar-refractivity contribution in [2.24, 2.45) is 0 Å². The second-order valence-corrected chi connectivity index (χ2v) is 10.4. The van der Waals surface area contributed by atoms with E-state index in [1.807, 2.05) is 13.0 Å². The average molecular weight is 609 g/mol. The number of hydrogen-bond donors (Lipinski definition) is 5. The van der Waals surface area contributed by atoms with E-state index in [-0.39, 0.29) is 12.0 Å². The van der Waals surface area contributed by atoms with Crippen molar-refractivity contribution in [3.63, 3.8) is 0 Å². The smallest absolute Gasteiger partial charge is 0.329 e. The number of ether oxygens (including phenoxy) is 1. The van der Waals surface area contributed by atoms with Gasteiger partial charge in [-0.1, -0.05) is 31.5 Å². The van der Waals surface area contributed by atoms with Gasteiger partial charge in [-0.3, -0.25) is 14.4 Å². The summed E-state index contributed by atoms with van der Waals surface area (Å²) in [5.74, 6) is -3.37. The molecule has 5 N–H and O–H groups in total. The molecular weight excluding hydrogens is 564 g/mol. The van der Waals surface area contributed by atoms with Crippen LogP contribution in [0.2, 0.25) is 0 Å². The third-order valence-corrected chi connectivity index (χ3v) is 6.84. The van der Waals surface area contributed by atoms with Gasteiger partial charge in [0.2, 0.25) is 5.91 Å². The van der Waals surface area contributed by atoms with Crippen molar-refractivity contribution in [2.45, 2.75) is 72.6 Å². The van der Waals surface area contributed by atoms with Crippen LogP contribution in [0.4, 0.5) is 11.4 Å². The van der Waals surface area contributed by atoms with Crippen molar-refractivity contribution in [1.82, 2.24) is 10.6 Å². The first-order chi connectivity index (χ1) is 20.9. The molecule has 0 heterocycles. The highest BCUT2D eigenvalue weighted by molar-refractivity contribution is 6.22. The number of amides is 3. The second-order valence-electron chi connectivity index (χ2n) is 10.4. The van der Waals surface area contributed by atoms with Gasteiger partial charge in [-0.2, -0.15) is 0 Å². The number of rotatable bonds is 14. The molecule has 11 heteroatoms. The van der Waals surface area contributed by atoms with Crippen LogP contribution in [0.5, 0.6) is 0 Å². The summed E-state index contributed by atoms with van der Waals surface area (Å²) in [6.45, 7) is 8.31. The predicted octanol–water partition coefficient (Wildman–Crippen LogP) is 4.69. The summed E-state index contributed by atoms with van der Waals surface area (Å²) in [5.41, 5.74) is 2.34. The van der Waals surface area contributed by atoms with Gasteiger partial charge in [0.05, 0.1) is 17.4 Å². The van der Waals surface area contributed by atoms with E-state index in [1.54, 1.807) is 57.4 Å². The third kappa shape index (κ3) is 9.43. The fourth-order valence-corrected chi connectivity index (χ4v) is 4.66. The molecule has 3 amide bonds. The number of allylic oxidation sites excluding steroid dienone is 2. The zero-order chi connectivity index (χ0) is 33.0. The third-order valence-electron chi connectivity index (χ3n) is 6.84. The molecule has 1 unspecified atom stereocenters. The molecule has 238 valence electrons. The first-order valence-electron chi connectivity index (χ1n) is 14.5. The highest BCUT2D eigenvalue weighted by atomic mass is 16.5. The fourth-order valence-electron chi connectivity index (χ4n) is 4.66. The summed E-state index contributed by atoms with van der Waals surface area (Å²) in [6, 6.07) is 10.7. The van der Waals surface area contributed by atoms with Gasteiger partial charge in [-0.15, -0.1) is 0 Å². The molecular formula is C33H44N4O7. The van der Waals surface area contributed by atoms with Crippen molar-refractivity contribution < 1.29 is 34.1 Å². The summed E-state index contributed by atoms with van der Waals surface area (Å²) < 4.78 is 5.56. The Balaban J connectivity index is 2.41. The van der Waals surface area contributed by atoms with Gasteiger partial charge < -0.3 is 30.9 Å². The van der Waals surface area contributed by atoms with Gasteiger partial charge in [0.15, 0.2) is 0 Å².